The smallest absolute Gasteiger partial charge is 0.408 e. The Morgan fingerprint density at radius 2 is 1.88 bits per heavy atom. The summed E-state index contributed by atoms with van der Waals surface area (Å²) in [6.07, 6.45) is 6.31. The van der Waals surface area contributed by atoms with Crippen LogP contribution in [-0.2, 0) is 21.8 Å². The minimum atomic E-state index is -3.64. The molecule has 42 heavy (non-hydrogen) atoms. The molecular weight excluding hydrogens is 576 g/mol. The number of benzene rings is 1. The summed E-state index contributed by atoms with van der Waals surface area (Å²) < 4.78 is 33.7. The van der Waals surface area contributed by atoms with Crippen molar-refractivity contribution in [1.82, 2.24) is 20.1 Å². The number of hydrogen-bond donors (Lipinski definition) is 3. The fraction of sp³-hybridized carbons (Fsp3) is 0.367. The molecule has 0 aliphatic rings. The van der Waals surface area contributed by atoms with Gasteiger partial charge in [-0.3, -0.25) is 14.4 Å². The monoisotopic (exact) mass is 614 g/mol. The predicted octanol–water partition coefficient (Wildman–Crippen LogP) is 6.67. The van der Waals surface area contributed by atoms with Crippen LogP contribution < -0.4 is 15.8 Å². The van der Waals surface area contributed by atoms with Crippen LogP contribution in [0.5, 0.6) is 0 Å². The molecule has 0 radical (unpaired) electrons. The highest BCUT2D eigenvalue weighted by Crippen LogP contribution is 2.40. The molecule has 0 saturated carbocycles. The molecule has 1 atom stereocenters. The van der Waals surface area contributed by atoms with Gasteiger partial charge in [-0.2, -0.15) is 5.10 Å². The lowest BCUT2D eigenvalue weighted by atomic mass is 9.93. The molecule has 0 spiro atoms. The Morgan fingerprint density at radius 3 is 2.45 bits per heavy atom. The van der Waals surface area contributed by atoms with Crippen molar-refractivity contribution < 1.29 is 17.9 Å². The first-order valence-electron chi connectivity index (χ1n) is 13.2. The van der Waals surface area contributed by atoms with E-state index in [2.05, 4.69) is 21.7 Å². The van der Waals surface area contributed by atoms with E-state index in [-0.39, 0.29) is 5.82 Å². The average Bonchev–Trinajstić information content (AvgIpc) is 3.11. The van der Waals surface area contributed by atoms with E-state index in [9.17, 15) is 13.2 Å². The zero-order valence-corrected chi connectivity index (χ0v) is 26.9. The Labute approximate surface area is 252 Å². The number of nitrogens with two attached hydrogens (primary N) is 1. The highest BCUT2D eigenvalue weighted by molar-refractivity contribution is 7.92. The van der Waals surface area contributed by atoms with Gasteiger partial charge < -0.3 is 15.8 Å². The molecule has 2 aromatic heterocycles. The molecular formula is C30H39ClN6O4S. The van der Waals surface area contributed by atoms with Crippen molar-refractivity contribution in [2.45, 2.75) is 59.6 Å². The number of amides is 1. The summed E-state index contributed by atoms with van der Waals surface area (Å²) in [4.78, 5) is 17.8. The van der Waals surface area contributed by atoms with E-state index in [1.54, 1.807) is 50.7 Å². The van der Waals surface area contributed by atoms with Crippen LogP contribution >= 0.6 is 11.6 Å². The Balaban J connectivity index is 2.30. The van der Waals surface area contributed by atoms with Crippen LogP contribution in [0, 0.1) is 0 Å². The second kappa shape index (κ2) is 12.6. The van der Waals surface area contributed by atoms with Crippen LogP contribution in [0.1, 0.15) is 59.7 Å². The first-order chi connectivity index (χ1) is 19.3. The molecule has 1 aromatic carbocycles. The van der Waals surface area contributed by atoms with E-state index < -0.39 is 27.8 Å². The molecule has 0 bridgehead atoms. The predicted molar refractivity (Wildman–Crippen MR) is 171 cm³/mol. The number of allylic oxidation sites excluding steroid dienone is 4. The van der Waals surface area contributed by atoms with E-state index in [1.807, 2.05) is 32.9 Å². The highest BCUT2D eigenvalue weighted by atomic mass is 35.5. The number of rotatable bonds is 9. The van der Waals surface area contributed by atoms with Gasteiger partial charge in [-0.05, 0) is 65.7 Å². The number of ether oxygens (including phenoxy) is 1. The molecule has 0 saturated heterocycles. The molecule has 0 aliphatic heterocycles. The van der Waals surface area contributed by atoms with Crippen molar-refractivity contribution in [2.75, 3.05) is 16.7 Å². The number of sulfonamides is 1. The third kappa shape index (κ3) is 8.59. The lowest BCUT2D eigenvalue weighted by Gasteiger charge is -2.25. The zero-order chi connectivity index (χ0) is 31.6. The number of hydrogen-bond acceptors (Lipinski definition) is 7. The number of halogens is 1. The number of anilines is 2. The van der Waals surface area contributed by atoms with Gasteiger partial charge in [-0.25, -0.2) is 13.2 Å². The van der Waals surface area contributed by atoms with E-state index in [1.165, 1.54) is 6.20 Å². The van der Waals surface area contributed by atoms with Gasteiger partial charge in [0.05, 0.1) is 45.8 Å². The van der Waals surface area contributed by atoms with Gasteiger partial charge in [-0.1, -0.05) is 47.5 Å². The normalized spacial score (nSPS) is 13.0. The molecule has 12 heteroatoms. The topological polar surface area (TPSA) is 141 Å². The number of carbonyl (C=O) groups excluding carboxylic acids is 1. The van der Waals surface area contributed by atoms with Crippen LogP contribution in [0.4, 0.5) is 16.3 Å². The second-order valence-electron chi connectivity index (χ2n) is 11.6. The minimum absolute atomic E-state index is 0.0962. The van der Waals surface area contributed by atoms with Crippen molar-refractivity contribution in [3.8, 4) is 11.1 Å². The number of aromatic nitrogens is 3. The number of nitrogen functional groups attached to an aromatic ring is 1. The molecule has 1 amide bonds. The quantitative estimate of drug-likeness (QED) is 0.229. The summed E-state index contributed by atoms with van der Waals surface area (Å²) in [5, 5.41) is 8.12. The van der Waals surface area contributed by atoms with E-state index in [4.69, 9.17) is 27.1 Å². The maximum absolute atomic E-state index is 13.1. The number of nitrogens with zero attached hydrogens (tertiary/aromatic N) is 3. The van der Waals surface area contributed by atoms with Gasteiger partial charge in [0, 0.05) is 18.2 Å². The number of alkyl carbamates (subject to hydrolysis) is 1. The molecule has 3 rings (SSSR count). The summed E-state index contributed by atoms with van der Waals surface area (Å²) in [7, 11) is -1.95. The van der Waals surface area contributed by atoms with E-state index >= 15 is 0 Å². The van der Waals surface area contributed by atoms with Crippen LogP contribution in [-0.4, -0.2) is 41.1 Å². The number of nitrogens with one attached hydrogen (secondary N) is 2. The highest BCUT2D eigenvalue weighted by Gasteiger charge is 2.27. The van der Waals surface area contributed by atoms with Gasteiger partial charge >= 0.3 is 6.09 Å². The third-order valence-corrected chi connectivity index (χ3v) is 6.70. The van der Waals surface area contributed by atoms with Gasteiger partial charge in [-0.15, -0.1) is 0 Å². The fourth-order valence-electron chi connectivity index (χ4n) is 4.58. The number of aryl methyl sites for hydroxylation is 1. The average molecular weight is 615 g/mol. The Morgan fingerprint density at radius 1 is 1.21 bits per heavy atom. The molecule has 3 aromatic rings. The SMILES string of the molecule is C=C(C)/C=C(\C=C(C)C)C[C@H](NC(=O)OC(C)(C)C)c1ncc(N)cc1-c1ccc(Cl)c2c(NS(C)(=O)=O)nn(C)c12. The van der Waals surface area contributed by atoms with E-state index in [0.29, 0.717) is 44.9 Å². The van der Waals surface area contributed by atoms with Crippen molar-refractivity contribution >= 4 is 50.1 Å². The Bertz CT molecular complexity index is 1700. The number of fused-ring (bicyclic) bond motifs is 1. The maximum Gasteiger partial charge on any atom is 0.408 e. The lowest BCUT2D eigenvalue weighted by Crippen LogP contribution is -2.35. The fourth-order valence-corrected chi connectivity index (χ4v) is 5.31. The molecule has 0 aliphatic carbocycles. The van der Waals surface area contributed by atoms with Gasteiger partial charge in [0.15, 0.2) is 5.82 Å². The zero-order valence-electron chi connectivity index (χ0n) is 25.3. The molecule has 4 N–H and O–H groups in total. The second-order valence-corrected chi connectivity index (χ2v) is 13.7. The van der Waals surface area contributed by atoms with Gasteiger partial charge in [0.2, 0.25) is 10.0 Å². The molecule has 0 unspecified atom stereocenters. The summed E-state index contributed by atoms with van der Waals surface area (Å²) in [5.41, 5.74) is 11.1. The standard InChI is InChI=1S/C30H39ClN6O4S/c1-17(2)12-19(13-18(3)4)14-24(34-29(38)41-30(5,6)7)26-22(15-20(32)16-33-26)21-10-11-23(31)25-27(21)37(8)35-28(25)36-42(9,39)40/h10-13,15-16,24H,1,14,32H2,2-9H3,(H,34,38)(H,35,36)/b19-12+/t24-/m0/s1. The first kappa shape index (κ1) is 32.7. The molecule has 10 nitrogen and oxygen atoms in total. The summed E-state index contributed by atoms with van der Waals surface area (Å²) in [5.74, 6) is 0.0962. The van der Waals surface area contributed by atoms with Crippen molar-refractivity contribution in [2.24, 2.45) is 7.05 Å². The molecule has 0 fully saturated rings. The first-order valence-corrected chi connectivity index (χ1v) is 15.5. The maximum atomic E-state index is 13.1. The molecule has 226 valence electrons. The largest absolute Gasteiger partial charge is 0.444 e. The third-order valence-electron chi connectivity index (χ3n) is 5.82. The number of pyridine rings is 1. The van der Waals surface area contributed by atoms with Crippen LogP contribution in [0.25, 0.3) is 22.0 Å². The van der Waals surface area contributed by atoms with Crippen LogP contribution in [0.3, 0.4) is 0 Å². The van der Waals surface area contributed by atoms with Crippen LogP contribution in [0.15, 0.2) is 59.8 Å². The molecule has 2 heterocycles. The Hall–Kier alpha value is -3.83. The number of carbonyl (C=O) groups is 1. The van der Waals surface area contributed by atoms with Gasteiger partial charge in [0.25, 0.3) is 0 Å². The minimum Gasteiger partial charge on any atom is -0.444 e. The van der Waals surface area contributed by atoms with Crippen molar-refractivity contribution in [3.63, 3.8) is 0 Å². The Kier molecular flexibility index (Phi) is 9.79. The van der Waals surface area contributed by atoms with Crippen molar-refractivity contribution in [3.05, 3.63) is 70.6 Å². The van der Waals surface area contributed by atoms with Gasteiger partial charge in [0.1, 0.15) is 5.60 Å². The lowest BCUT2D eigenvalue weighted by molar-refractivity contribution is 0.0502. The van der Waals surface area contributed by atoms with E-state index in [0.717, 1.165) is 23.0 Å². The summed E-state index contributed by atoms with van der Waals surface area (Å²) in [6.45, 7) is 15.3. The van der Waals surface area contributed by atoms with Crippen molar-refractivity contribution in [1.29, 1.82) is 0 Å². The summed E-state index contributed by atoms with van der Waals surface area (Å²) >= 11 is 6.57. The van der Waals surface area contributed by atoms with Crippen LogP contribution in [0.2, 0.25) is 5.02 Å². The summed E-state index contributed by atoms with van der Waals surface area (Å²) in [6, 6.07) is 4.56.